The molecule has 0 amide bonds. The third-order valence-electron chi connectivity index (χ3n) is 6.13. The Morgan fingerprint density at radius 2 is 1.94 bits per heavy atom. The van der Waals surface area contributed by atoms with Crippen LogP contribution in [0.3, 0.4) is 0 Å². The zero-order valence-corrected chi connectivity index (χ0v) is 18.5. The van der Waals surface area contributed by atoms with E-state index >= 15 is 0 Å². The fraction of sp³-hybridized carbons (Fsp3) is 0.417. The van der Waals surface area contributed by atoms with Gasteiger partial charge in [-0.3, -0.25) is 9.36 Å². The van der Waals surface area contributed by atoms with Gasteiger partial charge in [0.05, 0.1) is 15.9 Å². The third-order valence-corrected chi connectivity index (χ3v) is 6.42. The highest BCUT2D eigenvalue weighted by Gasteiger charge is 2.24. The highest BCUT2D eigenvalue weighted by molar-refractivity contribution is 6.31. The molecule has 4 rings (SSSR count). The maximum absolute atomic E-state index is 13.8. The minimum Gasteiger partial charge on any atom is -0.301 e. The summed E-state index contributed by atoms with van der Waals surface area (Å²) in [6, 6.07) is 10.1. The first-order valence-corrected chi connectivity index (χ1v) is 11.0. The molecule has 1 aliphatic rings. The molecule has 7 heteroatoms. The number of nitrogens with zero attached hydrogens (tertiary/aromatic N) is 3. The average molecular weight is 446 g/mol. The molecule has 0 bridgehead atoms. The molecular formula is C24H26ClF2N3O. The minimum absolute atomic E-state index is 0.0212. The Morgan fingerprint density at radius 1 is 1.19 bits per heavy atom. The van der Waals surface area contributed by atoms with E-state index in [0.717, 1.165) is 31.5 Å². The summed E-state index contributed by atoms with van der Waals surface area (Å²) in [6.07, 6.45) is 2.08. The Balaban J connectivity index is 1.73. The summed E-state index contributed by atoms with van der Waals surface area (Å²) in [7, 11) is 0. The van der Waals surface area contributed by atoms with Crippen LogP contribution in [0, 0.1) is 11.7 Å². The molecule has 0 N–H and O–H groups in total. The largest absolute Gasteiger partial charge is 0.301 e. The molecular weight excluding hydrogens is 420 g/mol. The maximum Gasteiger partial charge on any atom is 0.261 e. The normalized spacial score (nSPS) is 17.5. The van der Waals surface area contributed by atoms with Crippen molar-refractivity contribution >= 4 is 22.5 Å². The van der Waals surface area contributed by atoms with E-state index < -0.39 is 12.5 Å². The van der Waals surface area contributed by atoms with Crippen LogP contribution in [0.25, 0.3) is 22.0 Å². The second kappa shape index (κ2) is 9.05. The van der Waals surface area contributed by atoms with Gasteiger partial charge >= 0.3 is 0 Å². The lowest BCUT2D eigenvalue weighted by Gasteiger charge is -2.35. The van der Waals surface area contributed by atoms with Gasteiger partial charge in [0.1, 0.15) is 18.3 Å². The molecule has 1 aliphatic heterocycles. The van der Waals surface area contributed by atoms with Gasteiger partial charge in [0.15, 0.2) is 0 Å². The van der Waals surface area contributed by atoms with E-state index in [4.69, 9.17) is 11.6 Å². The van der Waals surface area contributed by atoms with Crippen LogP contribution in [0.15, 0.2) is 41.2 Å². The van der Waals surface area contributed by atoms with Gasteiger partial charge in [0, 0.05) is 19.1 Å². The Kier molecular flexibility index (Phi) is 6.39. The van der Waals surface area contributed by atoms with Crippen molar-refractivity contribution in [3.63, 3.8) is 0 Å². The van der Waals surface area contributed by atoms with Crippen molar-refractivity contribution in [3.05, 3.63) is 63.4 Å². The number of benzene rings is 2. The Hall–Kier alpha value is -2.31. The second-order valence-corrected chi connectivity index (χ2v) is 8.94. The van der Waals surface area contributed by atoms with Crippen LogP contribution in [0.2, 0.25) is 5.02 Å². The highest BCUT2D eigenvalue weighted by atomic mass is 35.5. The number of hydrogen-bond acceptors (Lipinski definition) is 3. The van der Waals surface area contributed by atoms with E-state index in [1.54, 1.807) is 24.3 Å². The summed E-state index contributed by atoms with van der Waals surface area (Å²) in [6.45, 7) is 5.95. The van der Waals surface area contributed by atoms with Crippen molar-refractivity contribution in [3.8, 4) is 11.1 Å². The van der Waals surface area contributed by atoms with Crippen molar-refractivity contribution in [2.45, 2.75) is 46.0 Å². The summed E-state index contributed by atoms with van der Waals surface area (Å²) in [5.74, 6) is -0.0556. The Bertz CT molecular complexity index is 1160. The molecule has 2 aromatic carbocycles. The van der Waals surface area contributed by atoms with Gasteiger partial charge in [-0.2, -0.15) is 0 Å². The topological polar surface area (TPSA) is 38.1 Å². The molecule has 1 atom stereocenters. The lowest BCUT2D eigenvalue weighted by molar-refractivity contribution is 0.129. The third kappa shape index (κ3) is 4.51. The molecule has 0 saturated carbocycles. The van der Waals surface area contributed by atoms with E-state index in [-0.39, 0.29) is 22.3 Å². The summed E-state index contributed by atoms with van der Waals surface area (Å²) in [5, 5.41) is 0.444. The average Bonchev–Trinajstić information content (AvgIpc) is 2.77. The standard InChI is InChI=1S/C24H26ClF2N3O/c1-15(2)29-9-3-4-16(13-29)14-30-23(12-26)28-22-8-6-17(10-19(22)24(30)31)18-5-7-21(27)20(25)11-18/h5-8,10-11,15-16H,3-4,9,12-14H2,1-2H3/t16-/m0/s1. The number of aromatic nitrogens is 2. The van der Waals surface area contributed by atoms with Crippen molar-refractivity contribution < 1.29 is 8.78 Å². The van der Waals surface area contributed by atoms with Gasteiger partial charge in [0.25, 0.3) is 5.56 Å². The summed E-state index contributed by atoms with van der Waals surface area (Å²) in [4.78, 5) is 20.2. The molecule has 0 unspecified atom stereocenters. The SMILES string of the molecule is CC(C)N1CCC[C@H](Cn2c(CF)nc3ccc(-c4ccc(F)c(Cl)c4)cc3c2=O)C1. The zero-order chi connectivity index (χ0) is 22.1. The molecule has 4 nitrogen and oxygen atoms in total. The minimum atomic E-state index is -0.791. The molecule has 3 aromatic rings. The summed E-state index contributed by atoms with van der Waals surface area (Å²) in [5.41, 5.74) is 1.65. The van der Waals surface area contributed by atoms with Gasteiger partial charge in [-0.15, -0.1) is 0 Å². The lowest BCUT2D eigenvalue weighted by Crippen LogP contribution is -2.42. The van der Waals surface area contributed by atoms with Gasteiger partial charge < -0.3 is 4.90 Å². The first kappa shape index (κ1) is 21.9. The van der Waals surface area contributed by atoms with Crippen molar-refractivity contribution in [1.29, 1.82) is 0 Å². The van der Waals surface area contributed by atoms with Gasteiger partial charge in [0.2, 0.25) is 0 Å². The molecule has 0 radical (unpaired) electrons. The fourth-order valence-corrected chi connectivity index (χ4v) is 4.57. The van der Waals surface area contributed by atoms with E-state index in [0.29, 0.717) is 29.1 Å². The van der Waals surface area contributed by atoms with Crippen molar-refractivity contribution in [2.75, 3.05) is 13.1 Å². The monoisotopic (exact) mass is 445 g/mol. The highest BCUT2D eigenvalue weighted by Crippen LogP contribution is 2.27. The van der Waals surface area contributed by atoms with E-state index in [2.05, 4.69) is 23.7 Å². The number of likely N-dealkylation sites (tertiary alicyclic amines) is 1. The maximum atomic E-state index is 13.8. The summed E-state index contributed by atoms with van der Waals surface area (Å²) < 4.78 is 28.8. The lowest BCUT2D eigenvalue weighted by atomic mass is 9.96. The van der Waals surface area contributed by atoms with E-state index in [1.165, 1.54) is 16.7 Å². The molecule has 164 valence electrons. The first-order chi connectivity index (χ1) is 14.9. The molecule has 1 aromatic heterocycles. The van der Waals surface area contributed by atoms with E-state index in [1.807, 2.05) is 0 Å². The molecule has 0 spiro atoms. The number of halogens is 3. The van der Waals surface area contributed by atoms with Crippen LogP contribution >= 0.6 is 11.6 Å². The quantitative estimate of drug-likeness (QED) is 0.524. The fourth-order valence-electron chi connectivity index (χ4n) is 4.39. The van der Waals surface area contributed by atoms with Crippen LogP contribution in [-0.4, -0.2) is 33.6 Å². The van der Waals surface area contributed by atoms with Crippen molar-refractivity contribution in [1.82, 2.24) is 14.5 Å². The number of fused-ring (bicyclic) bond motifs is 1. The number of hydrogen-bond donors (Lipinski definition) is 0. The Morgan fingerprint density at radius 3 is 2.65 bits per heavy atom. The van der Waals surface area contributed by atoms with Gasteiger partial charge in [-0.25, -0.2) is 13.8 Å². The molecule has 31 heavy (non-hydrogen) atoms. The number of rotatable bonds is 5. The van der Waals surface area contributed by atoms with Crippen LogP contribution in [-0.2, 0) is 13.2 Å². The van der Waals surface area contributed by atoms with Crippen LogP contribution in [0.1, 0.15) is 32.5 Å². The predicted molar refractivity (Wildman–Crippen MR) is 121 cm³/mol. The smallest absolute Gasteiger partial charge is 0.261 e. The molecule has 2 heterocycles. The first-order valence-electron chi connectivity index (χ1n) is 10.7. The number of alkyl halides is 1. The van der Waals surface area contributed by atoms with Gasteiger partial charge in [-0.05, 0) is 74.5 Å². The second-order valence-electron chi connectivity index (χ2n) is 8.54. The predicted octanol–water partition coefficient (Wildman–Crippen LogP) is 5.45. The molecule has 0 aliphatic carbocycles. The van der Waals surface area contributed by atoms with Crippen molar-refractivity contribution in [2.24, 2.45) is 5.92 Å². The van der Waals surface area contributed by atoms with Crippen LogP contribution < -0.4 is 5.56 Å². The van der Waals surface area contributed by atoms with Crippen LogP contribution in [0.5, 0.6) is 0 Å². The summed E-state index contributed by atoms with van der Waals surface area (Å²) >= 11 is 5.92. The Labute approximate surface area is 185 Å². The zero-order valence-electron chi connectivity index (χ0n) is 17.7. The molecule has 1 saturated heterocycles. The van der Waals surface area contributed by atoms with E-state index in [9.17, 15) is 13.6 Å². The van der Waals surface area contributed by atoms with Crippen LogP contribution in [0.4, 0.5) is 8.78 Å². The number of piperidine rings is 1. The molecule has 1 fully saturated rings. The van der Waals surface area contributed by atoms with Gasteiger partial charge in [-0.1, -0.05) is 23.7 Å².